The molecule has 0 fully saturated rings. The molecular weight excluding hydrogens is 407 g/mol. The molecule has 1 atom stereocenters. The van der Waals surface area contributed by atoms with Crippen LogP contribution >= 0.6 is 0 Å². The SMILES string of the molecule is CCCCCCCCOC(=O)CC(C(=O)OCCCCCCCC)S(=O)(=O)[O-].[H-].[Na+]. The Labute approximate surface area is 200 Å². The summed E-state index contributed by atoms with van der Waals surface area (Å²) in [5, 5.41) is -2.04. The number of hydrogen-bond donors (Lipinski definition) is 0. The van der Waals surface area contributed by atoms with Gasteiger partial charge in [0.25, 0.3) is 0 Å². The summed E-state index contributed by atoms with van der Waals surface area (Å²) in [6, 6.07) is 0. The van der Waals surface area contributed by atoms with E-state index in [1.807, 2.05) is 0 Å². The minimum Gasteiger partial charge on any atom is -1.00 e. The molecule has 7 nitrogen and oxygen atoms in total. The molecule has 0 bridgehead atoms. The van der Waals surface area contributed by atoms with Crippen molar-refractivity contribution in [2.24, 2.45) is 0 Å². The zero-order valence-electron chi connectivity index (χ0n) is 19.4. The van der Waals surface area contributed by atoms with Crippen LogP contribution in [-0.4, -0.2) is 43.4 Å². The molecule has 29 heavy (non-hydrogen) atoms. The summed E-state index contributed by atoms with van der Waals surface area (Å²) in [5.74, 6) is -2.03. The van der Waals surface area contributed by atoms with Crippen LogP contribution in [0.5, 0.6) is 0 Å². The Balaban J connectivity index is -0.00000364. The molecule has 0 aromatic heterocycles. The Morgan fingerprint density at radius 1 is 0.793 bits per heavy atom. The van der Waals surface area contributed by atoms with Crippen LogP contribution in [-0.2, 0) is 29.2 Å². The molecule has 0 aliphatic heterocycles. The summed E-state index contributed by atoms with van der Waals surface area (Å²) in [5.41, 5.74) is 0. The fourth-order valence-electron chi connectivity index (χ4n) is 2.73. The van der Waals surface area contributed by atoms with Crippen LogP contribution in [0.1, 0.15) is 98.7 Å². The van der Waals surface area contributed by atoms with Crippen LogP contribution in [0.2, 0.25) is 0 Å². The van der Waals surface area contributed by atoms with E-state index in [4.69, 9.17) is 9.47 Å². The summed E-state index contributed by atoms with van der Waals surface area (Å²) in [4.78, 5) is 23.7. The summed E-state index contributed by atoms with van der Waals surface area (Å²) in [7, 11) is -4.98. The van der Waals surface area contributed by atoms with Crippen molar-refractivity contribution in [1.29, 1.82) is 0 Å². The third-order valence-corrected chi connectivity index (χ3v) is 5.52. The van der Waals surface area contributed by atoms with Crippen LogP contribution in [0.4, 0.5) is 0 Å². The van der Waals surface area contributed by atoms with Gasteiger partial charge in [-0.1, -0.05) is 78.1 Å². The number of ether oxygens (including phenoxy) is 2. The van der Waals surface area contributed by atoms with Crippen LogP contribution in [0, 0.1) is 0 Å². The smallest absolute Gasteiger partial charge is 1.00 e. The van der Waals surface area contributed by atoms with Gasteiger partial charge in [-0.25, -0.2) is 8.42 Å². The second kappa shape index (κ2) is 19.8. The molecule has 0 aromatic carbocycles. The molecule has 0 aliphatic rings. The topological polar surface area (TPSA) is 110 Å². The van der Waals surface area contributed by atoms with Crippen molar-refractivity contribution in [1.82, 2.24) is 0 Å². The molecule has 1 unspecified atom stereocenters. The summed E-state index contributed by atoms with van der Waals surface area (Å²) in [6.45, 7) is 4.44. The van der Waals surface area contributed by atoms with Crippen molar-refractivity contribution in [3.63, 3.8) is 0 Å². The monoisotopic (exact) mass is 445 g/mol. The van der Waals surface area contributed by atoms with E-state index in [1.165, 1.54) is 6.42 Å². The molecule has 0 aromatic rings. The van der Waals surface area contributed by atoms with Gasteiger partial charge >= 0.3 is 41.5 Å². The number of esters is 2. The minimum atomic E-state index is -4.98. The third kappa shape index (κ3) is 18.3. The van der Waals surface area contributed by atoms with E-state index < -0.39 is 33.7 Å². The largest absolute Gasteiger partial charge is 1.00 e. The molecule has 9 heteroatoms. The van der Waals surface area contributed by atoms with Crippen LogP contribution in [0.25, 0.3) is 0 Å². The predicted octanol–water partition coefficient (Wildman–Crippen LogP) is 1.21. The van der Waals surface area contributed by atoms with Crippen molar-refractivity contribution in [2.45, 2.75) is 103 Å². The number of carbonyl (C=O) groups excluding carboxylic acids is 2. The standard InChI is InChI=1S/C20H38O7S.Na.H/c1-3-5-7-9-11-13-15-26-19(21)17-18(28(23,24)25)20(22)27-16-14-12-10-8-6-4-2;;/h18H,3-17H2,1-2H3,(H,23,24,25);;/q;+1;-1/p-1. The van der Waals surface area contributed by atoms with Gasteiger partial charge < -0.3 is 15.5 Å². The maximum atomic E-state index is 11.9. The summed E-state index contributed by atoms with van der Waals surface area (Å²) in [6.07, 6.45) is 11.2. The van der Waals surface area contributed by atoms with Gasteiger partial charge in [-0.2, -0.15) is 0 Å². The van der Waals surface area contributed by atoms with Crippen LogP contribution < -0.4 is 29.6 Å². The van der Waals surface area contributed by atoms with Gasteiger partial charge in [0.1, 0.15) is 10.1 Å². The molecule has 168 valence electrons. The average molecular weight is 446 g/mol. The fraction of sp³-hybridized carbons (Fsp3) is 0.900. The van der Waals surface area contributed by atoms with E-state index in [-0.39, 0.29) is 44.2 Å². The Morgan fingerprint density at radius 3 is 1.66 bits per heavy atom. The van der Waals surface area contributed by atoms with E-state index >= 15 is 0 Å². The van der Waals surface area contributed by atoms with Gasteiger partial charge in [0.2, 0.25) is 0 Å². The van der Waals surface area contributed by atoms with E-state index in [2.05, 4.69) is 13.8 Å². The van der Waals surface area contributed by atoms with Crippen molar-refractivity contribution >= 4 is 22.1 Å². The zero-order chi connectivity index (χ0) is 21.3. The Bertz CT molecular complexity index is 529. The molecule has 0 heterocycles. The van der Waals surface area contributed by atoms with Gasteiger partial charge in [0, 0.05) is 0 Å². The van der Waals surface area contributed by atoms with Crippen molar-refractivity contribution in [3.05, 3.63) is 0 Å². The van der Waals surface area contributed by atoms with Crippen LogP contribution in [0.3, 0.4) is 0 Å². The molecule has 0 saturated carbocycles. The van der Waals surface area contributed by atoms with Gasteiger partial charge in [0.05, 0.1) is 19.6 Å². The minimum absolute atomic E-state index is 0. The predicted molar refractivity (Wildman–Crippen MR) is 108 cm³/mol. The number of carbonyl (C=O) groups is 2. The summed E-state index contributed by atoms with van der Waals surface area (Å²) < 4.78 is 43.8. The Hall–Kier alpha value is -0.150. The average Bonchev–Trinajstić information content (AvgIpc) is 2.63. The quantitative estimate of drug-likeness (QED) is 0.135. The molecule has 0 spiro atoms. The Kier molecular flexibility index (Phi) is 21.2. The van der Waals surface area contributed by atoms with E-state index in [1.54, 1.807) is 0 Å². The first-order chi connectivity index (χ1) is 13.3. The second-order valence-corrected chi connectivity index (χ2v) is 8.66. The molecule has 0 rings (SSSR count). The first kappa shape index (κ1) is 31.0. The third-order valence-electron chi connectivity index (χ3n) is 4.47. The maximum Gasteiger partial charge on any atom is 1.00 e. The maximum absolute atomic E-state index is 11.9. The van der Waals surface area contributed by atoms with Crippen LogP contribution in [0.15, 0.2) is 0 Å². The van der Waals surface area contributed by atoms with E-state index in [9.17, 15) is 22.6 Å². The number of hydrogen-bond acceptors (Lipinski definition) is 7. The molecule has 0 N–H and O–H groups in total. The first-order valence-corrected chi connectivity index (χ1v) is 12.1. The normalized spacial score (nSPS) is 12.1. The number of unbranched alkanes of at least 4 members (excludes halogenated alkanes) is 10. The molecule has 0 radical (unpaired) electrons. The first-order valence-electron chi connectivity index (χ1n) is 10.6. The summed E-state index contributed by atoms with van der Waals surface area (Å²) >= 11 is 0. The Morgan fingerprint density at radius 2 is 1.21 bits per heavy atom. The number of rotatable bonds is 18. The second-order valence-electron chi connectivity index (χ2n) is 7.11. The van der Waals surface area contributed by atoms with Gasteiger partial charge in [0.15, 0.2) is 5.25 Å². The van der Waals surface area contributed by atoms with Crippen molar-refractivity contribution in [2.75, 3.05) is 13.2 Å². The van der Waals surface area contributed by atoms with E-state index in [0.717, 1.165) is 57.8 Å². The van der Waals surface area contributed by atoms with Gasteiger partial charge in [-0.3, -0.25) is 9.59 Å². The molecular formula is C20H38NaO7S-. The fourth-order valence-corrected chi connectivity index (χ4v) is 3.37. The van der Waals surface area contributed by atoms with E-state index in [0.29, 0.717) is 12.8 Å². The van der Waals surface area contributed by atoms with Crippen molar-refractivity contribution in [3.8, 4) is 0 Å². The molecule has 0 amide bonds. The van der Waals surface area contributed by atoms with Crippen molar-refractivity contribution < 1.29 is 63.0 Å². The zero-order valence-corrected chi connectivity index (χ0v) is 21.3. The molecule has 0 saturated heterocycles. The molecule has 0 aliphatic carbocycles. The van der Waals surface area contributed by atoms with Gasteiger partial charge in [-0.15, -0.1) is 0 Å². The van der Waals surface area contributed by atoms with Gasteiger partial charge in [-0.05, 0) is 12.8 Å².